The van der Waals surface area contributed by atoms with E-state index in [1.165, 1.54) is 18.3 Å². The average Bonchev–Trinajstić information content (AvgIpc) is 3.28. The lowest BCUT2D eigenvalue weighted by Crippen LogP contribution is -2.53. The second-order valence-electron chi connectivity index (χ2n) is 8.22. The molecule has 5 rings (SSSR count). The number of phenols is 1. The molecule has 2 aliphatic rings. The van der Waals surface area contributed by atoms with Crippen LogP contribution in [0.5, 0.6) is 17.5 Å². The molecule has 2 N–H and O–H groups in total. The molecule has 0 radical (unpaired) electrons. The molecule has 2 aromatic heterocycles. The van der Waals surface area contributed by atoms with Crippen molar-refractivity contribution >= 4 is 0 Å². The van der Waals surface area contributed by atoms with Crippen LogP contribution in [0.2, 0.25) is 0 Å². The molecular formula is C23H23FN4O3. The first-order chi connectivity index (χ1) is 16.1. The lowest BCUT2D eigenvalue weighted by Gasteiger charge is -2.32. The molecule has 31 heavy (non-hydrogen) atoms. The third-order valence-corrected chi connectivity index (χ3v) is 6.16. The number of nitrogens with zero attached hydrogens (tertiary/aromatic N) is 3. The molecule has 7 nitrogen and oxygen atoms in total. The second kappa shape index (κ2) is 7.46. The van der Waals surface area contributed by atoms with Gasteiger partial charge in [-0.05, 0) is 48.7 Å². The zero-order valence-corrected chi connectivity index (χ0v) is 16.7. The van der Waals surface area contributed by atoms with E-state index in [-0.39, 0.29) is 23.4 Å². The number of rotatable bonds is 5. The van der Waals surface area contributed by atoms with E-state index < -0.39 is 24.9 Å². The van der Waals surface area contributed by atoms with E-state index in [9.17, 15) is 9.50 Å². The van der Waals surface area contributed by atoms with Gasteiger partial charge in [0.15, 0.2) is 6.17 Å². The van der Waals surface area contributed by atoms with Gasteiger partial charge in [-0.15, -0.1) is 10.2 Å². The predicted octanol–water partition coefficient (Wildman–Crippen LogP) is 3.39. The maximum absolute atomic E-state index is 14.7. The minimum Gasteiger partial charge on any atom is -0.507 e. The van der Waals surface area contributed by atoms with Crippen LogP contribution in [0.1, 0.15) is 17.5 Å². The Balaban J connectivity index is 1.32. The molecule has 4 atom stereocenters. The Morgan fingerprint density at radius 2 is 2.03 bits per heavy atom. The number of phenolic OH excluding ortho intramolecular Hbond substituents is 1. The van der Waals surface area contributed by atoms with Crippen molar-refractivity contribution in [1.82, 2.24) is 20.5 Å². The lowest BCUT2D eigenvalue weighted by molar-refractivity contribution is 0.0407. The third kappa shape index (κ3) is 3.46. The van der Waals surface area contributed by atoms with E-state index in [0.717, 1.165) is 6.42 Å². The van der Waals surface area contributed by atoms with Gasteiger partial charge in [0.1, 0.15) is 11.9 Å². The Morgan fingerprint density at radius 1 is 1.16 bits per heavy atom. The number of aromatic nitrogens is 3. The van der Waals surface area contributed by atoms with E-state index in [1.807, 2.05) is 6.92 Å². The van der Waals surface area contributed by atoms with Crippen LogP contribution in [0.3, 0.4) is 0 Å². The molecule has 1 aliphatic heterocycles. The smallest absolute Gasteiger partial charge is 0.233 e. The Bertz CT molecular complexity index is 1210. The molecule has 1 saturated heterocycles. The number of hydrogen-bond donors (Lipinski definition) is 2. The standard InChI is InChI=1S/C23H23FN4O3/c1-23-11-15(12-26-23)21(22(23)24)31-19-6-5-17(27-28-19)16-4-3-13(9-18(16)29)14-7-8-25-20(10-14)30-2/h3-10,15,21-22,26,29H,11-12H2,1-2H3/t15?,21-,22-,23-/m1/s1/i2D3. The highest BCUT2D eigenvalue weighted by Crippen LogP contribution is 2.43. The Kier molecular flexibility index (Phi) is 3.95. The molecule has 0 amide bonds. The summed E-state index contributed by atoms with van der Waals surface area (Å²) in [5.74, 6) is 0.254. The summed E-state index contributed by atoms with van der Waals surface area (Å²) in [7, 11) is -2.61. The molecular weight excluding hydrogens is 399 g/mol. The largest absolute Gasteiger partial charge is 0.507 e. The number of benzene rings is 1. The SMILES string of the molecule is [2H]C([2H])([2H])Oc1cc(-c2ccc(-c3ccc(O[C@@H]4C5CN[C@](C)(C5)[C@@H]4F)nn3)c(O)c2)ccn1. The first-order valence-corrected chi connectivity index (χ1v) is 10.00. The van der Waals surface area contributed by atoms with Crippen LogP contribution in [0.25, 0.3) is 22.4 Å². The van der Waals surface area contributed by atoms with Gasteiger partial charge in [-0.3, -0.25) is 0 Å². The maximum Gasteiger partial charge on any atom is 0.233 e. The average molecular weight is 425 g/mol. The number of piperidine rings is 1. The van der Waals surface area contributed by atoms with Crippen LogP contribution in [-0.2, 0) is 0 Å². The summed E-state index contributed by atoms with van der Waals surface area (Å²) >= 11 is 0. The summed E-state index contributed by atoms with van der Waals surface area (Å²) in [5.41, 5.74) is 1.59. The summed E-state index contributed by atoms with van der Waals surface area (Å²) in [5, 5.41) is 22.0. The van der Waals surface area contributed by atoms with Gasteiger partial charge in [0.2, 0.25) is 11.8 Å². The molecule has 3 heterocycles. The van der Waals surface area contributed by atoms with E-state index in [2.05, 4.69) is 20.5 Å². The Morgan fingerprint density at radius 3 is 2.74 bits per heavy atom. The molecule has 1 aromatic carbocycles. The number of methoxy groups -OCH3 is 1. The van der Waals surface area contributed by atoms with Crippen molar-refractivity contribution < 1.29 is 23.1 Å². The molecule has 1 aliphatic carbocycles. The molecule has 3 aromatic rings. The van der Waals surface area contributed by atoms with Crippen molar-refractivity contribution in [3.8, 4) is 39.9 Å². The first-order valence-electron chi connectivity index (χ1n) is 11.5. The number of ether oxygens (including phenoxy) is 2. The number of fused-ring (bicyclic) bond motifs is 2. The van der Waals surface area contributed by atoms with Gasteiger partial charge in [-0.1, -0.05) is 6.07 Å². The van der Waals surface area contributed by atoms with Gasteiger partial charge in [0, 0.05) is 36.4 Å². The van der Waals surface area contributed by atoms with Crippen LogP contribution < -0.4 is 14.8 Å². The van der Waals surface area contributed by atoms with Crippen molar-refractivity contribution in [3.05, 3.63) is 48.7 Å². The van der Waals surface area contributed by atoms with Crippen LogP contribution in [-0.4, -0.2) is 51.7 Å². The van der Waals surface area contributed by atoms with Gasteiger partial charge in [0.25, 0.3) is 0 Å². The normalized spacial score (nSPS) is 28.6. The van der Waals surface area contributed by atoms with Gasteiger partial charge < -0.3 is 19.9 Å². The Labute approximate surface area is 183 Å². The van der Waals surface area contributed by atoms with Gasteiger partial charge in [-0.2, -0.15) is 0 Å². The predicted molar refractivity (Wildman–Crippen MR) is 113 cm³/mol. The summed E-state index contributed by atoms with van der Waals surface area (Å²) in [4.78, 5) is 3.90. The monoisotopic (exact) mass is 425 g/mol. The summed E-state index contributed by atoms with van der Waals surface area (Å²) < 4.78 is 47.0. The molecule has 2 bridgehead atoms. The summed E-state index contributed by atoms with van der Waals surface area (Å²) in [6, 6.07) is 11.4. The lowest BCUT2D eigenvalue weighted by atomic mass is 9.99. The maximum atomic E-state index is 14.7. The van der Waals surface area contributed by atoms with Crippen molar-refractivity contribution in [1.29, 1.82) is 0 Å². The zero-order valence-electron chi connectivity index (χ0n) is 19.7. The fourth-order valence-electron chi connectivity index (χ4n) is 4.49. The molecule has 2 fully saturated rings. The number of aromatic hydroxyl groups is 1. The number of nitrogens with one attached hydrogen (secondary N) is 1. The van der Waals surface area contributed by atoms with Crippen LogP contribution >= 0.6 is 0 Å². The quantitative estimate of drug-likeness (QED) is 0.648. The molecule has 1 saturated carbocycles. The van der Waals surface area contributed by atoms with E-state index in [4.69, 9.17) is 13.6 Å². The number of halogens is 1. The summed E-state index contributed by atoms with van der Waals surface area (Å²) in [6.45, 7) is 2.59. The van der Waals surface area contributed by atoms with Gasteiger partial charge in [-0.25, -0.2) is 9.37 Å². The third-order valence-electron chi connectivity index (χ3n) is 6.16. The summed E-state index contributed by atoms with van der Waals surface area (Å²) in [6.07, 6.45) is 0.480. The van der Waals surface area contributed by atoms with E-state index in [1.54, 1.807) is 30.3 Å². The number of alkyl halides is 1. The first kappa shape index (κ1) is 16.4. The molecule has 1 unspecified atom stereocenters. The van der Waals surface area contributed by atoms with Crippen molar-refractivity contribution in [2.45, 2.75) is 31.2 Å². The zero-order chi connectivity index (χ0) is 24.1. The van der Waals surface area contributed by atoms with Gasteiger partial charge >= 0.3 is 0 Å². The van der Waals surface area contributed by atoms with Crippen LogP contribution in [0.4, 0.5) is 4.39 Å². The van der Waals surface area contributed by atoms with E-state index in [0.29, 0.717) is 28.9 Å². The number of pyridine rings is 1. The van der Waals surface area contributed by atoms with Crippen LogP contribution in [0.15, 0.2) is 48.7 Å². The highest BCUT2D eigenvalue weighted by Gasteiger charge is 2.57. The fourth-order valence-corrected chi connectivity index (χ4v) is 4.49. The highest BCUT2D eigenvalue weighted by molar-refractivity contribution is 5.74. The van der Waals surface area contributed by atoms with E-state index >= 15 is 0 Å². The molecule has 0 spiro atoms. The molecule has 8 heteroatoms. The van der Waals surface area contributed by atoms with Crippen molar-refractivity contribution in [2.24, 2.45) is 5.92 Å². The van der Waals surface area contributed by atoms with Crippen molar-refractivity contribution in [2.75, 3.05) is 13.6 Å². The topological polar surface area (TPSA) is 89.4 Å². The number of hydrogen-bond acceptors (Lipinski definition) is 7. The minimum absolute atomic E-state index is 0.0357. The highest BCUT2D eigenvalue weighted by atomic mass is 19.1. The minimum atomic E-state index is -2.61. The van der Waals surface area contributed by atoms with Crippen molar-refractivity contribution in [3.63, 3.8) is 0 Å². The fraction of sp³-hybridized carbons (Fsp3) is 0.348. The van der Waals surface area contributed by atoms with Crippen LogP contribution in [0, 0.1) is 5.92 Å². The molecule has 160 valence electrons. The second-order valence-corrected chi connectivity index (χ2v) is 8.22. The Hall–Kier alpha value is -3.26. The van der Waals surface area contributed by atoms with Gasteiger partial charge in [0.05, 0.1) is 22.4 Å².